The van der Waals surface area contributed by atoms with Gasteiger partial charge in [-0.2, -0.15) is 4.31 Å². The molecule has 3 rings (SSSR count). The summed E-state index contributed by atoms with van der Waals surface area (Å²) < 4.78 is 31.9. The Morgan fingerprint density at radius 2 is 1.71 bits per heavy atom. The number of piperidine rings is 2. The summed E-state index contributed by atoms with van der Waals surface area (Å²) in [5.74, 6) is -0.354. The van der Waals surface area contributed by atoms with Gasteiger partial charge in [0.2, 0.25) is 10.0 Å². The van der Waals surface area contributed by atoms with Crippen LogP contribution < -0.4 is 0 Å². The second-order valence-corrected chi connectivity index (χ2v) is 9.59. The lowest BCUT2D eigenvalue weighted by Crippen LogP contribution is -2.41. The molecule has 0 aliphatic carbocycles. The minimum atomic E-state index is -3.53. The summed E-state index contributed by atoms with van der Waals surface area (Å²) in [5, 5.41) is 0. The number of carbonyl (C=O) groups is 2. The van der Waals surface area contributed by atoms with Gasteiger partial charge in [-0.1, -0.05) is 13.3 Å². The standard InChI is InChI=1S/C20H28N2O5S/c1-16-6-5-11-21(14-16)19(23)15-27-20(24)17-7-9-18(10-8-17)28(25,26)22-12-3-2-4-13-22/h7-10,16H,2-6,11-15H2,1H3/t16-/m0/s1. The number of amides is 1. The van der Waals surface area contributed by atoms with Gasteiger partial charge < -0.3 is 9.64 Å². The first kappa shape index (κ1) is 20.8. The Kier molecular flexibility index (Phi) is 6.72. The molecule has 1 aromatic rings. The van der Waals surface area contributed by atoms with Gasteiger partial charge in [0.25, 0.3) is 5.91 Å². The molecule has 2 saturated heterocycles. The Bertz CT molecular complexity index is 800. The highest BCUT2D eigenvalue weighted by atomic mass is 32.2. The zero-order valence-electron chi connectivity index (χ0n) is 16.3. The predicted octanol–water partition coefficient (Wildman–Crippen LogP) is 2.28. The second-order valence-electron chi connectivity index (χ2n) is 7.65. The van der Waals surface area contributed by atoms with E-state index < -0.39 is 16.0 Å². The molecule has 154 valence electrons. The monoisotopic (exact) mass is 408 g/mol. The van der Waals surface area contributed by atoms with E-state index in [2.05, 4.69) is 6.92 Å². The zero-order valence-corrected chi connectivity index (χ0v) is 17.1. The maximum absolute atomic E-state index is 12.6. The lowest BCUT2D eigenvalue weighted by atomic mass is 10.0. The van der Waals surface area contributed by atoms with E-state index in [0.717, 1.165) is 32.1 Å². The Balaban J connectivity index is 1.57. The molecule has 8 heteroatoms. The highest BCUT2D eigenvalue weighted by Crippen LogP contribution is 2.21. The molecule has 0 radical (unpaired) electrons. The number of hydrogen-bond acceptors (Lipinski definition) is 5. The van der Waals surface area contributed by atoms with E-state index in [4.69, 9.17) is 4.74 Å². The first-order chi connectivity index (χ1) is 13.4. The summed E-state index contributed by atoms with van der Waals surface area (Å²) in [6, 6.07) is 5.72. The van der Waals surface area contributed by atoms with Crippen molar-refractivity contribution in [2.24, 2.45) is 5.92 Å². The van der Waals surface area contributed by atoms with Crippen LogP contribution in [0.1, 0.15) is 49.4 Å². The SMILES string of the molecule is C[C@H]1CCCN(C(=O)COC(=O)c2ccc(S(=O)(=O)N3CCCCC3)cc2)C1. The Morgan fingerprint density at radius 3 is 2.36 bits per heavy atom. The van der Waals surface area contributed by atoms with Crippen molar-refractivity contribution in [3.8, 4) is 0 Å². The molecule has 0 bridgehead atoms. The smallest absolute Gasteiger partial charge is 0.338 e. The van der Waals surface area contributed by atoms with Crippen LogP contribution >= 0.6 is 0 Å². The van der Waals surface area contributed by atoms with Crippen LogP contribution in [0.3, 0.4) is 0 Å². The molecule has 0 spiro atoms. The van der Waals surface area contributed by atoms with Crippen molar-refractivity contribution >= 4 is 21.9 Å². The number of likely N-dealkylation sites (tertiary alicyclic amines) is 1. The summed E-state index contributed by atoms with van der Waals surface area (Å²) in [4.78, 5) is 26.3. The van der Waals surface area contributed by atoms with E-state index in [-0.39, 0.29) is 23.0 Å². The van der Waals surface area contributed by atoms with Crippen molar-refractivity contribution in [2.45, 2.75) is 43.9 Å². The van der Waals surface area contributed by atoms with Crippen molar-refractivity contribution in [2.75, 3.05) is 32.8 Å². The summed E-state index contributed by atoms with van der Waals surface area (Å²) in [6.45, 7) is 4.26. The number of nitrogens with zero attached hydrogens (tertiary/aromatic N) is 2. The summed E-state index contributed by atoms with van der Waals surface area (Å²) in [6.07, 6.45) is 4.86. The lowest BCUT2D eigenvalue weighted by molar-refractivity contribution is -0.136. The van der Waals surface area contributed by atoms with Crippen LogP contribution in [0.15, 0.2) is 29.2 Å². The van der Waals surface area contributed by atoms with Gasteiger partial charge in [-0.05, 0) is 55.9 Å². The third-order valence-electron chi connectivity index (χ3n) is 5.38. The van der Waals surface area contributed by atoms with Crippen molar-refractivity contribution in [3.63, 3.8) is 0 Å². The van der Waals surface area contributed by atoms with Gasteiger partial charge in [-0.25, -0.2) is 13.2 Å². The molecule has 2 aliphatic heterocycles. The van der Waals surface area contributed by atoms with Crippen molar-refractivity contribution < 1.29 is 22.7 Å². The molecule has 2 aliphatic rings. The molecule has 2 heterocycles. The molecule has 2 fully saturated rings. The average molecular weight is 409 g/mol. The van der Waals surface area contributed by atoms with Crippen LogP contribution in [0, 0.1) is 5.92 Å². The molecule has 0 aromatic heterocycles. The molecule has 28 heavy (non-hydrogen) atoms. The van der Waals surface area contributed by atoms with Crippen LogP contribution in [-0.4, -0.2) is 62.3 Å². The topological polar surface area (TPSA) is 84.0 Å². The molecule has 0 unspecified atom stereocenters. The number of hydrogen-bond donors (Lipinski definition) is 0. The fraction of sp³-hybridized carbons (Fsp3) is 0.600. The van der Waals surface area contributed by atoms with Gasteiger partial charge in [-0.3, -0.25) is 4.79 Å². The molecule has 1 amide bonds. The average Bonchev–Trinajstić information content (AvgIpc) is 2.72. The van der Waals surface area contributed by atoms with Gasteiger partial charge in [0.1, 0.15) is 0 Å². The third-order valence-corrected chi connectivity index (χ3v) is 7.29. The van der Waals surface area contributed by atoms with E-state index in [9.17, 15) is 18.0 Å². The number of sulfonamides is 1. The highest BCUT2D eigenvalue weighted by molar-refractivity contribution is 7.89. The lowest BCUT2D eigenvalue weighted by Gasteiger charge is -2.30. The molecule has 1 aromatic carbocycles. The quantitative estimate of drug-likeness (QED) is 0.698. The minimum Gasteiger partial charge on any atom is -0.452 e. The maximum atomic E-state index is 12.6. The molecule has 1 atom stereocenters. The maximum Gasteiger partial charge on any atom is 0.338 e. The van der Waals surface area contributed by atoms with E-state index in [1.165, 1.54) is 28.6 Å². The van der Waals surface area contributed by atoms with Gasteiger partial charge in [-0.15, -0.1) is 0 Å². The number of ether oxygens (including phenoxy) is 1. The van der Waals surface area contributed by atoms with Gasteiger partial charge >= 0.3 is 5.97 Å². The van der Waals surface area contributed by atoms with Gasteiger partial charge in [0.05, 0.1) is 10.5 Å². The summed E-state index contributed by atoms with van der Waals surface area (Å²) >= 11 is 0. The normalized spacial score (nSPS) is 21.3. The van der Waals surface area contributed by atoms with Crippen molar-refractivity contribution in [1.82, 2.24) is 9.21 Å². The second kappa shape index (κ2) is 9.05. The minimum absolute atomic E-state index is 0.171. The molecular weight excluding hydrogens is 380 g/mol. The molecular formula is C20H28N2O5S. The Morgan fingerprint density at radius 1 is 1.04 bits per heavy atom. The zero-order chi connectivity index (χ0) is 20.1. The Labute approximate surface area is 166 Å². The number of carbonyl (C=O) groups excluding carboxylic acids is 2. The number of benzene rings is 1. The molecule has 0 saturated carbocycles. The van der Waals surface area contributed by atoms with E-state index in [1.807, 2.05) is 0 Å². The van der Waals surface area contributed by atoms with Crippen LogP contribution in [-0.2, 0) is 19.6 Å². The third kappa shape index (κ3) is 4.91. The highest BCUT2D eigenvalue weighted by Gasteiger charge is 2.26. The summed E-state index contributed by atoms with van der Waals surface area (Å²) in [5.41, 5.74) is 0.234. The molecule has 0 N–H and O–H groups in total. The van der Waals surface area contributed by atoms with Crippen LogP contribution in [0.5, 0.6) is 0 Å². The predicted molar refractivity (Wildman–Crippen MR) is 104 cm³/mol. The first-order valence-corrected chi connectivity index (χ1v) is 11.4. The fourth-order valence-electron chi connectivity index (χ4n) is 3.74. The van der Waals surface area contributed by atoms with E-state index in [1.54, 1.807) is 4.90 Å². The van der Waals surface area contributed by atoms with Crippen LogP contribution in [0.2, 0.25) is 0 Å². The van der Waals surface area contributed by atoms with Crippen molar-refractivity contribution in [3.05, 3.63) is 29.8 Å². The van der Waals surface area contributed by atoms with Gasteiger partial charge in [0.15, 0.2) is 6.61 Å². The number of rotatable bonds is 5. The largest absolute Gasteiger partial charge is 0.452 e. The summed E-state index contributed by atoms with van der Waals surface area (Å²) in [7, 11) is -3.53. The van der Waals surface area contributed by atoms with E-state index >= 15 is 0 Å². The Hall–Kier alpha value is -1.93. The molecule has 7 nitrogen and oxygen atoms in total. The van der Waals surface area contributed by atoms with E-state index in [0.29, 0.717) is 32.1 Å². The van der Waals surface area contributed by atoms with Gasteiger partial charge in [0, 0.05) is 26.2 Å². The van der Waals surface area contributed by atoms with Crippen molar-refractivity contribution in [1.29, 1.82) is 0 Å². The first-order valence-electron chi connectivity index (χ1n) is 9.93. The van der Waals surface area contributed by atoms with Crippen LogP contribution in [0.4, 0.5) is 0 Å². The number of esters is 1. The fourth-order valence-corrected chi connectivity index (χ4v) is 5.25. The van der Waals surface area contributed by atoms with Crippen LogP contribution in [0.25, 0.3) is 0 Å².